The van der Waals surface area contributed by atoms with Crippen LogP contribution in [0.5, 0.6) is 0 Å². The molecule has 6 heteroatoms. The summed E-state index contributed by atoms with van der Waals surface area (Å²) in [6.45, 7) is 5.98. The lowest BCUT2D eigenvalue weighted by Gasteiger charge is -2.10. The molecule has 3 rings (SSSR count). The molecule has 0 saturated heterocycles. The summed E-state index contributed by atoms with van der Waals surface area (Å²) >= 11 is 5.90. The van der Waals surface area contributed by atoms with Gasteiger partial charge in [-0.25, -0.2) is 4.68 Å². The fourth-order valence-corrected chi connectivity index (χ4v) is 2.60. The van der Waals surface area contributed by atoms with Crippen LogP contribution >= 0.6 is 11.6 Å². The van der Waals surface area contributed by atoms with E-state index in [0.717, 1.165) is 22.5 Å². The Morgan fingerprint density at radius 1 is 1.17 bits per heavy atom. The third kappa shape index (κ3) is 3.16. The molecule has 122 valence electrons. The lowest BCUT2D eigenvalue weighted by molar-refractivity contribution is 0.102. The van der Waals surface area contributed by atoms with E-state index in [4.69, 9.17) is 11.6 Å². The van der Waals surface area contributed by atoms with Gasteiger partial charge in [0, 0.05) is 11.2 Å². The highest BCUT2D eigenvalue weighted by atomic mass is 35.5. The molecule has 1 aromatic carbocycles. The lowest BCUT2D eigenvalue weighted by Crippen LogP contribution is -2.14. The van der Waals surface area contributed by atoms with Gasteiger partial charge in [0.2, 0.25) is 0 Å². The SMILES string of the molecule is Cc1ccc(C)c(-n2ncc(NC(=O)c3cc(Cl)ccn3)c2C)c1. The fraction of sp³-hybridized carbons (Fsp3) is 0.167. The number of amides is 1. The second-order valence-electron chi connectivity index (χ2n) is 5.66. The van der Waals surface area contributed by atoms with Gasteiger partial charge in [-0.3, -0.25) is 9.78 Å². The van der Waals surface area contributed by atoms with Gasteiger partial charge in [-0.05, 0) is 50.1 Å². The standard InChI is InChI=1S/C18H17ClN4O/c1-11-4-5-12(2)17(8-11)23-13(3)16(10-21-23)22-18(24)15-9-14(19)6-7-20-15/h4-10H,1-3H3,(H,22,24). The Bertz CT molecular complexity index is 917. The zero-order valence-electron chi connectivity index (χ0n) is 13.7. The van der Waals surface area contributed by atoms with Crippen LogP contribution in [0.25, 0.3) is 5.69 Å². The normalized spacial score (nSPS) is 10.7. The van der Waals surface area contributed by atoms with Gasteiger partial charge >= 0.3 is 0 Å². The number of pyridine rings is 1. The zero-order valence-corrected chi connectivity index (χ0v) is 14.4. The average Bonchev–Trinajstić information content (AvgIpc) is 2.90. The molecule has 0 saturated carbocycles. The number of aromatic nitrogens is 3. The van der Waals surface area contributed by atoms with Crippen molar-refractivity contribution in [1.29, 1.82) is 0 Å². The summed E-state index contributed by atoms with van der Waals surface area (Å²) in [5.74, 6) is -0.318. The van der Waals surface area contributed by atoms with Gasteiger partial charge in [-0.2, -0.15) is 5.10 Å². The van der Waals surface area contributed by atoms with Gasteiger partial charge in [-0.1, -0.05) is 23.7 Å². The molecule has 0 atom stereocenters. The van der Waals surface area contributed by atoms with Crippen LogP contribution in [0.1, 0.15) is 27.3 Å². The lowest BCUT2D eigenvalue weighted by atomic mass is 10.1. The Morgan fingerprint density at radius 3 is 2.71 bits per heavy atom. The molecular weight excluding hydrogens is 324 g/mol. The summed E-state index contributed by atoms with van der Waals surface area (Å²) in [6.07, 6.45) is 3.14. The first-order chi connectivity index (χ1) is 11.5. The second-order valence-corrected chi connectivity index (χ2v) is 6.10. The molecule has 0 radical (unpaired) electrons. The van der Waals surface area contributed by atoms with Crippen LogP contribution in [0.3, 0.4) is 0 Å². The quantitative estimate of drug-likeness (QED) is 0.781. The highest BCUT2D eigenvalue weighted by Gasteiger charge is 2.14. The number of aryl methyl sites for hydroxylation is 2. The van der Waals surface area contributed by atoms with Crippen LogP contribution in [0.2, 0.25) is 5.02 Å². The molecule has 3 aromatic rings. The Kier molecular flexibility index (Phi) is 4.36. The van der Waals surface area contributed by atoms with Crippen LogP contribution in [0.4, 0.5) is 5.69 Å². The molecule has 1 amide bonds. The summed E-state index contributed by atoms with van der Waals surface area (Å²) in [7, 11) is 0. The third-order valence-corrected chi connectivity index (χ3v) is 4.04. The monoisotopic (exact) mass is 340 g/mol. The molecule has 5 nitrogen and oxygen atoms in total. The van der Waals surface area contributed by atoms with Crippen molar-refractivity contribution >= 4 is 23.2 Å². The molecule has 0 bridgehead atoms. The highest BCUT2D eigenvalue weighted by molar-refractivity contribution is 6.30. The number of hydrogen-bond donors (Lipinski definition) is 1. The third-order valence-electron chi connectivity index (χ3n) is 3.81. The summed E-state index contributed by atoms with van der Waals surface area (Å²) in [6, 6.07) is 9.34. The Hall–Kier alpha value is -2.66. The number of rotatable bonds is 3. The predicted octanol–water partition coefficient (Wildman–Crippen LogP) is 4.10. The first-order valence-corrected chi connectivity index (χ1v) is 7.88. The molecule has 0 aliphatic rings. The molecule has 0 aliphatic carbocycles. The van der Waals surface area contributed by atoms with E-state index in [0.29, 0.717) is 10.7 Å². The molecular formula is C18H17ClN4O. The van der Waals surface area contributed by atoms with Crippen molar-refractivity contribution in [1.82, 2.24) is 14.8 Å². The molecule has 0 spiro atoms. The van der Waals surface area contributed by atoms with Crippen LogP contribution < -0.4 is 5.32 Å². The maximum atomic E-state index is 12.3. The van der Waals surface area contributed by atoms with E-state index in [9.17, 15) is 4.79 Å². The molecule has 0 fully saturated rings. The van der Waals surface area contributed by atoms with Gasteiger partial charge in [0.25, 0.3) is 5.91 Å². The summed E-state index contributed by atoms with van der Waals surface area (Å²) in [4.78, 5) is 16.3. The number of nitrogens with zero attached hydrogens (tertiary/aromatic N) is 3. The minimum absolute atomic E-state index is 0.265. The zero-order chi connectivity index (χ0) is 17.3. The van der Waals surface area contributed by atoms with Crippen LogP contribution in [-0.2, 0) is 0 Å². The Morgan fingerprint density at radius 2 is 1.96 bits per heavy atom. The minimum Gasteiger partial charge on any atom is -0.318 e. The number of benzene rings is 1. The number of hydrogen-bond acceptors (Lipinski definition) is 3. The summed E-state index contributed by atoms with van der Waals surface area (Å²) in [5, 5.41) is 7.71. The number of nitrogens with one attached hydrogen (secondary N) is 1. The molecule has 1 N–H and O–H groups in total. The first-order valence-electron chi connectivity index (χ1n) is 7.51. The van der Waals surface area contributed by atoms with Gasteiger partial charge < -0.3 is 5.32 Å². The Balaban J connectivity index is 1.90. The molecule has 24 heavy (non-hydrogen) atoms. The van der Waals surface area contributed by atoms with E-state index < -0.39 is 0 Å². The summed E-state index contributed by atoms with van der Waals surface area (Å²) < 4.78 is 1.82. The molecule has 0 aliphatic heterocycles. The van der Waals surface area contributed by atoms with E-state index in [1.165, 1.54) is 12.3 Å². The van der Waals surface area contributed by atoms with Crippen LogP contribution in [-0.4, -0.2) is 20.7 Å². The van der Waals surface area contributed by atoms with E-state index in [-0.39, 0.29) is 11.6 Å². The van der Waals surface area contributed by atoms with Crippen molar-refractivity contribution in [3.8, 4) is 5.69 Å². The van der Waals surface area contributed by atoms with Crippen molar-refractivity contribution in [3.05, 3.63) is 70.3 Å². The first kappa shape index (κ1) is 16.2. The van der Waals surface area contributed by atoms with Crippen LogP contribution in [0.15, 0.2) is 42.7 Å². The number of carbonyl (C=O) groups is 1. The van der Waals surface area contributed by atoms with E-state index in [2.05, 4.69) is 33.6 Å². The average molecular weight is 341 g/mol. The van der Waals surface area contributed by atoms with Gasteiger partial charge in [-0.15, -0.1) is 0 Å². The van der Waals surface area contributed by atoms with Crippen LogP contribution in [0, 0.1) is 20.8 Å². The summed E-state index contributed by atoms with van der Waals surface area (Å²) in [5.41, 5.74) is 5.01. The number of carbonyl (C=O) groups excluding carboxylic acids is 1. The van der Waals surface area contributed by atoms with E-state index in [1.54, 1.807) is 12.3 Å². The number of halogens is 1. The van der Waals surface area contributed by atoms with Gasteiger partial charge in [0.1, 0.15) is 5.69 Å². The maximum Gasteiger partial charge on any atom is 0.274 e. The maximum absolute atomic E-state index is 12.3. The molecule has 2 aromatic heterocycles. The predicted molar refractivity (Wildman–Crippen MR) is 95.0 cm³/mol. The smallest absolute Gasteiger partial charge is 0.274 e. The molecule has 2 heterocycles. The van der Waals surface area contributed by atoms with Gasteiger partial charge in [0.05, 0.1) is 23.3 Å². The second kappa shape index (κ2) is 6.45. The van der Waals surface area contributed by atoms with Crippen molar-refractivity contribution in [2.75, 3.05) is 5.32 Å². The van der Waals surface area contributed by atoms with Crippen molar-refractivity contribution in [2.24, 2.45) is 0 Å². The van der Waals surface area contributed by atoms with E-state index >= 15 is 0 Å². The fourth-order valence-electron chi connectivity index (χ4n) is 2.44. The van der Waals surface area contributed by atoms with Crippen molar-refractivity contribution in [3.63, 3.8) is 0 Å². The minimum atomic E-state index is -0.318. The van der Waals surface area contributed by atoms with Crippen molar-refractivity contribution < 1.29 is 4.79 Å². The van der Waals surface area contributed by atoms with E-state index in [1.807, 2.05) is 25.5 Å². The largest absolute Gasteiger partial charge is 0.318 e. The Labute approximate surface area is 145 Å². The molecule has 0 unspecified atom stereocenters. The number of anilines is 1. The topological polar surface area (TPSA) is 59.8 Å². The van der Waals surface area contributed by atoms with Gasteiger partial charge in [0.15, 0.2) is 0 Å². The highest BCUT2D eigenvalue weighted by Crippen LogP contribution is 2.22. The van der Waals surface area contributed by atoms with Crippen molar-refractivity contribution in [2.45, 2.75) is 20.8 Å².